The van der Waals surface area contributed by atoms with Gasteiger partial charge >= 0.3 is 5.97 Å². The Labute approximate surface area is 106 Å². The van der Waals surface area contributed by atoms with E-state index in [4.69, 9.17) is 0 Å². The van der Waals surface area contributed by atoms with Gasteiger partial charge in [0.15, 0.2) is 0 Å². The first-order valence-corrected chi connectivity index (χ1v) is 6.20. The van der Waals surface area contributed by atoms with Crippen LogP contribution in [-0.4, -0.2) is 16.1 Å². The van der Waals surface area contributed by atoms with Gasteiger partial charge in [-0.1, -0.05) is 39.0 Å². The molecule has 0 radical (unpaired) electrons. The number of para-hydroxylation sites is 1. The van der Waals surface area contributed by atoms with Crippen LogP contribution < -0.4 is 0 Å². The number of carboxylic acid groups (broad SMARTS) is 1. The minimum atomic E-state index is -0.891. The summed E-state index contributed by atoms with van der Waals surface area (Å²) in [6.45, 7) is 6.17. The van der Waals surface area contributed by atoms with Crippen molar-refractivity contribution in [2.45, 2.75) is 33.1 Å². The van der Waals surface area contributed by atoms with Gasteiger partial charge in [-0.3, -0.25) is 4.98 Å². The number of hydrogen-bond donors (Lipinski definition) is 1. The fraction of sp³-hybridized carbons (Fsp3) is 0.333. The van der Waals surface area contributed by atoms with Crippen molar-refractivity contribution >= 4 is 16.9 Å². The minimum Gasteiger partial charge on any atom is -0.478 e. The molecule has 0 unspecified atom stereocenters. The Kier molecular flexibility index (Phi) is 3.32. The minimum absolute atomic E-state index is 0.329. The van der Waals surface area contributed by atoms with Gasteiger partial charge in [0, 0.05) is 11.1 Å². The number of aromatic nitrogens is 1. The molecule has 0 amide bonds. The average Bonchev–Trinajstić information content (AvgIpc) is 2.36. The Balaban J connectivity index is 2.86. The van der Waals surface area contributed by atoms with Gasteiger partial charge in [0.25, 0.3) is 0 Å². The van der Waals surface area contributed by atoms with Gasteiger partial charge in [0.2, 0.25) is 0 Å². The largest absolute Gasteiger partial charge is 0.478 e. The van der Waals surface area contributed by atoms with Crippen LogP contribution in [-0.2, 0) is 6.42 Å². The van der Waals surface area contributed by atoms with E-state index in [0.29, 0.717) is 11.5 Å². The second-order valence-corrected chi connectivity index (χ2v) is 4.72. The quantitative estimate of drug-likeness (QED) is 0.895. The van der Waals surface area contributed by atoms with Crippen molar-refractivity contribution in [2.24, 2.45) is 0 Å². The Morgan fingerprint density at radius 3 is 2.67 bits per heavy atom. The molecule has 94 valence electrons. The van der Waals surface area contributed by atoms with Gasteiger partial charge in [0.05, 0.1) is 11.1 Å². The molecular formula is C15H17NO2. The number of rotatable bonds is 3. The van der Waals surface area contributed by atoms with E-state index in [-0.39, 0.29) is 0 Å². The number of carbonyl (C=O) groups is 1. The van der Waals surface area contributed by atoms with Crippen LogP contribution in [0.5, 0.6) is 0 Å². The Hall–Kier alpha value is -1.90. The fourth-order valence-electron chi connectivity index (χ4n) is 2.15. The maximum Gasteiger partial charge on any atom is 0.336 e. The van der Waals surface area contributed by atoms with Gasteiger partial charge in [-0.25, -0.2) is 4.79 Å². The molecule has 0 bridgehead atoms. The van der Waals surface area contributed by atoms with Gasteiger partial charge in [0.1, 0.15) is 0 Å². The van der Waals surface area contributed by atoms with E-state index in [1.54, 1.807) is 6.07 Å². The van der Waals surface area contributed by atoms with Gasteiger partial charge in [-0.05, 0) is 24.0 Å². The molecular weight excluding hydrogens is 226 g/mol. The molecule has 3 heteroatoms. The van der Waals surface area contributed by atoms with Crippen LogP contribution in [0.2, 0.25) is 0 Å². The number of aromatic carboxylic acids is 1. The third-order valence-electron chi connectivity index (χ3n) is 3.14. The molecule has 3 nitrogen and oxygen atoms in total. The van der Waals surface area contributed by atoms with Crippen LogP contribution in [0.4, 0.5) is 0 Å². The topological polar surface area (TPSA) is 50.2 Å². The van der Waals surface area contributed by atoms with Crippen LogP contribution in [0.25, 0.3) is 10.9 Å². The zero-order chi connectivity index (χ0) is 13.3. The zero-order valence-corrected chi connectivity index (χ0v) is 10.9. The number of nitrogens with zero attached hydrogens (tertiary/aromatic N) is 1. The number of pyridine rings is 1. The number of benzene rings is 1. The third-order valence-corrected chi connectivity index (χ3v) is 3.14. The summed E-state index contributed by atoms with van der Waals surface area (Å²) in [6, 6.07) is 7.42. The summed E-state index contributed by atoms with van der Waals surface area (Å²) < 4.78 is 0. The zero-order valence-electron chi connectivity index (χ0n) is 10.9. The third kappa shape index (κ3) is 2.08. The van der Waals surface area contributed by atoms with Crippen molar-refractivity contribution in [1.82, 2.24) is 4.98 Å². The molecule has 2 rings (SSSR count). The SMILES string of the molecule is CCc1cc(C(=O)O)c2cccc(C(C)C)c2n1. The molecule has 0 aliphatic rings. The molecule has 0 saturated heterocycles. The van der Waals surface area contributed by atoms with Gasteiger partial charge in [-0.15, -0.1) is 0 Å². The molecule has 0 spiro atoms. The van der Waals surface area contributed by atoms with E-state index in [0.717, 1.165) is 28.6 Å². The molecule has 0 fully saturated rings. The van der Waals surface area contributed by atoms with Crippen LogP contribution in [0.1, 0.15) is 48.3 Å². The van der Waals surface area contributed by atoms with Crippen LogP contribution in [0.3, 0.4) is 0 Å². The normalized spacial score (nSPS) is 11.1. The van der Waals surface area contributed by atoms with E-state index >= 15 is 0 Å². The van der Waals surface area contributed by atoms with Crippen LogP contribution in [0.15, 0.2) is 24.3 Å². The van der Waals surface area contributed by atoms with E-state index in [1.165, 1.54) is 0 Å². The van der Waals surface area contributed by atoms with Crippen molar-refractivity contribution < 1.29 is 9.90 Å². The number of fused-ring (bicyclic) bond motifs is 1. The molecule has 0 aliphatic heterocycles. The summed E-state index contributed by atoms with van der Waals surface area (Å²) in [4.78, 5) is 15.9. The van der Waals surface area contributed by atoms with Crippen molar-refractivity contribution in [2.75, 3.05) is 0 Å². The van der Waals surface area contributed by atoms with Crippen molar-refractivity contribution in [3.05, 3.63) is 41.1 Å². The Morgan fingerprint density at radius 2 is 2.11 bits per heavy atom. The van der Waals surface area contributed by atoms with E-state index < -0.39 is 5.97 Å². The highest BCUT2D eigenvalue weighted by atomic mass is 16.4. The average molecular weight is 243 g/mol. The predicted octanol–water partition coefficient (Wildman–Crippen LogP) is 3.62. The van der Waals surface area contributed by atoms with Gasteiger partial charge in [-0.2, -0.15) is 0 Å². The molecule has 1 heterocycles. The molecule has 0 saturated carbocycles. The number of hydrogen-bond acceptors (Lipinski definition) is 2. The highest BCUT2D eigenvalue weighted by molar-refractivity contribution is 6.03. The maximum atomic E-state index is 11.3. The van der Waals surface area contributed by atoms with Crippen molar-refractivity contribution in [3.8, 4) is 0 Å². The van der Waals surface area contributed by atoms with E-state index in [9.17, 15) is 9.90 Å². The van der Waals surface area contributed by atoms with Gasteiger partial charge < -0.3 is 5.11 Å². The smallest absolute Gasteiger partial charge is 0.336 e. The number of aryl methyl sites for hydroxylation is 1. The lowest BCUT2D eigenvalue weighted by Crippen LogP contribution is -2.03. The van der Waals surface area contributed by atoms with E-state index in [1.807, 2.05) is 25.1 Å². The first-order valence-electron chi connectivity index (χ1n) is 6.20. The fourth-order valence-corrected chi connectivity index (χ4v) is 2.15. The molecule has 2 aromatic rings. The molecule has 18 heavy (non-hydrogen) atoms. The second kappa shape index (κ2) is 4.77. The van der Waals surface area contributed by atoms with Crippen LogP contribution in [0, 0.1) is 0 Å². The lowest BCUT2D eigenvalue weighted by Gasteiger charge is -2.12. The lowest BCUT2D eigenvalue weighted by atomic mass is 9.97. The Morgan fingerprint density at radius 1 is 1.39 bits per heavy atom. The first kappa shape index (κ1) is 12.6. The standard InChI is InChI=1S/C15H17NO2/c1-4-10-8-13(15(17)18)12-7-5-6-11(9(2)3)14(12)16-10/h5-9H,4H2,1-3H3,(H,17,18). The van der Waals surface area contributed by atoms with Crippen molar-refractivity contribution in [1.29, 1.82) is 0 Å². The summed E-state index contributed by atoms with van der Waals surface area (Å²) >= 11 is 0. The van der Waals surface area contributed by atoms with Crippen molar-refractivity contribution in [3.63, 3.8) is 0 Å². The monoisotopic (exact) mass is 243 g/mol. The molecule has 0 aliphatic carbocycles. The van der Waals surface area contributed by atoms with E-state index in [2.05, 4.69) is 18.8 Å². The van der Waals surface area contributed by atoms with Crippen LogP contribution >= 0.6 is 0 Å². The number of carboxylic acids is 1. The molecule has 0 atom stereocenters. The Bertz CT molecular complexity index is 603. The summed E-state index contributed by atoms with van der Waals surface area (Å²) in [5, 5.41) is 10.0. The lowest BCUT2D eigenvalue weighted by molar-refractivity contribution is 0.0699. The maximum absolute atomic E-state index is 11.3. The first-order chi connectivity index (χ1) is 8.54. The summed E-state index contributed by atoms with van der Waals surface area (Å²) in [6.07, 6.45) is 0.739. The molecule has 1 N–H and O–H groups in total. The highest BCUT2D eigenvalue weighted by Gasteiger charge is 2.14. The summed E-state index contributed by atoms with van der Waals surface area (Å²) in [7, 11) is 0. The highest BCUT2D eigenvalue weighted by Crippen LogP contribution is 2.27. The summed E-state index contributed by atoms with van der Waals surface area (Å²) in [5.41, 5.74) is 3.10. The molecule has 1 aromatic carbocycles. The summed E-state index contributed by atoms with van der Waals surface area (Å²) in [5.74, 6) is -0.562. The predicted molar refractivity (Wildman–Crippen MR) is 72.2 cm³/mol. The second-order valence-electron chi connectivity index (χ2n) is 4.72. The molecule has 1 aromatic heterocycles.